The van der Waals surface area contributed by atoms with Gasteiger partial charge in [0.1, 0.15) is 6.54 Å². The molecule has 0 bridgehead atoms. The SMILES string of the molecule is O=C(CN1NS(=O)(=O)c2ccccc2C1=O)NC1CCCc2ccccc21. The molecule has 2 aromatic rings. The fourth-order valence-corrected chi connectivity index (χ4v) is 4.89. The van der Waals surface area contributed by atoms with Crippen molar-refractivity contribution in [1.82, 2.24) is 15.2 Å². The molecule has 2 aliphatic rings. The third-order valence-electron chi connectivity index (χ3n) is 4.89. The molecule has 4 rings (SSSR count). The first-order chi connectivity index (χ1) is 13.0. The van der Waals surface area contributed by atoms with E-state index >= 15 is 0 Å². The molecule has 0 spiro atoms. The van der Waals surface area contributed by atoms with Crippen LogP contribution in [0.4, 0.5) is 0 Å². The lowest BCUT2D eigenvalue weighted by atomic mass is 9.88. The Hall–Kier alpha value is -2.71. The highest BCUT2D eigenvalue weighted by Gasteiger charge is 2.35. The number of benzene rings is 2. The summed E-state index contributed by atoms with van der Waals surface area (Å²) in [6, 6.07) is 13.8. The molecule has 1 aliphatic heterocycles. The van der Waals surface area contributed by atoms with Gasteiger partial charge in [-0.25, -0.2) is 8.42 Å². The Morgan fingerprint density at radius 1 is 1.15 bits per heavy atom. The monoisotopic (exact) mass is 385 g/mol. The Bertz CT molecular complexity index is 1020. The molecule has 1 atom stereocenters. The van der Waals surface area contributed by atoms with Gasteiger partial charge < -0.3 is 5.32 Å². The summed E-state index contributed by atoms with van der Waals surface area (Å²) in [5.41, 5.74) is 2.35. The van der Waals surface area contributed by atoms with Crippen LogP contribution < -0.4 is 10.1 Å². The molecular weight excluding hydrogens is 366 g/mol. The number of hydrazine groups is 1. The summed E-state index contributed by atoms with van der Waals surface area (Å²) in [4.78, 5) is 27.2. The molecule has 2 aromatic carbocycles. The molecule has 8 heteroatoms. The van der Waals surface area contributed by atoms with Crippen LogP contribution in [0.1, 0.15) is 40.4 Å². The number of rotatable bonds is 3. The van der Waals surface area contributed by atoms with E-state index in [0.29, 0.717) is 0 Å². The van der Waals surface area contributed by atoms with Crippen molar-refractivity contribution in [2.45, 2.75) is 30.2 Å². The summed E-state index contributed by atoms with van der Waals surface area (Å²) in [5.74, 6) is -0.952. The number of carbonyl (C=O) groups excluding carboxylic acids is 2. The first-order valence-electron chi connectivity index (χ1n) is 8.76. The smallest absolute Gasteiger partial charge is 0.270 e. The van der Waals surface area contributed by atoms with Gasteiger partial charge in [0.15, 0.2) is 0 Å². The van der Waals surface area contributed by atoms with E-state index in [2.05, 4.69) is 10.1 Å². The Balaban J connectivity index is 1.51. The molecule has 1 unspecified atom stereocenters. The zero-order valence-electron chi connectivity index (χ0n) is 14.5. The van der Waals surface area contributed by atoms with Gasteiger partial charge in [0, 0.05) is 0 Å². The van der Waals surface area contributed by atoms with Gasteiger partial charge in [-0.2, -0.15) is 0 Å². The topological polar surface area (TPSA) is 95.6 Å². The number of amides is 2. The molecule has 0 saturated carbocycles. The number of nitrogens with zero attached hydrogens (tertiary/aromatic N) is 1. The van der Waals surface area contributed by atoms with Gasteiger partial charge >= 0.3 is 0 Å². The summed E-state index contributed by atoms with van der Waals surface area (Å²) in [7, 11) is -3.88. The first kappa shape index (κ1) is 17.7. The van der Waals surface area contributed by atoms with E-state index in [-0.39, 0.29) is 23.0 Å². The summed E-state index contributed by atoms with van der Waals surface area (Å²) >= 11 is 0. The van der Waals surface area contributed by atoms with Gasteiger partial charge in [0.2, 0.25) is 5.91 Å². The average molecular weight is 385 g/mol. The molecule has 1 aliphatic carbocycles. The van der Waals surface area contributed by atoms with E-state index in [0.717, 1.165) is 29.8 Å². The van der Waals surface area contributed by atoms with E-state index in [1.807, 2.05) is 24.3 Å². The van der Waals surface area contributed by atoms with Gasteiger partial charge in [-0.1, -0.05) is 36.4 Å². The van der Waals surface area contributed by atoms with E-state index in [1.54, 1.807) is 12.1 Å². The molecule has 0 radical (unpaired) electrons. The van der Waals surface area contributed by atoms with Gasteiger partial charge in [-0.3, -0.25) is 14.6 Å². The third kappa shape index (κ3) is 3.33. The molecule has 140 valence electrons. The van der Waals surface area contributed by atoms with E-state index < -0.39 is 21.8 Å². The van der Waals surface area contributed by atoms with Crippen LogP contribution in [0.2, 0.25) is 0 Å². The quantitative estimate of drug-likeness (QED) is 0.838. The second kappa shape index (κ2) is 6.79. The Morgan fingerprint density at radius 2 is 1.89 bits per heavy atom. The maximum atomic E-state index is 12.5. The van der Waals surface area contributed by atoms with Crippen LogP contribution >= 0.6 is 0 Å². The molecule has 27 heavy (non-hydrogen) atoms. The largest absolute Gasteiger partial charge is 0.348 e. The van der Waals surface area contributed by atoms with Crippen LogP contribution in [0, 0.1) is 0 Å². The first-order valence-corrected chi connectivity index (χ1v) is 10.2. The summed E-state index contributed by atoms with van der Waals surface area (Å²) in [6.45, 7) is -0.384. The van der Waals surface area contributed by atoms with E-state index in [4.69, 9.17) is 0 Å². The fraction of sp³-hybridized carbons (Fsp3) is 0.263. The number of nitrogens with one attached hydrogen (secondary N) is 2. The van der Waals surface area contributed by atoms with Gasteiger partial charge in [-0.05, 0) is 42.5 Å². The Morgan fingerprint density at radius 3 is 2.74 bits per heavy atom. The van der Waals surface area contributed by atoms with Gasteiger partial charge in [0.25, 0.3) is 15.9 Å². The highest BCUT2D eigenvalue weighted by Crippen LogP contribution is 2.29. The molecule has 0 fully saturated rings. The zero-order valence-corrected chi connectivity index (χ0v) is 15.3. The van der Waals surface area contributed by atoms with E-state index in [9.17, 15) is 18.0 Å². The van der Waals surface area contributed by atoms with Crippen molar-refractivity contribution in [3.63, 3.8) is 0 Å². The van der Waals surface area contributed by atoms with Crippen molar-refractivity contribution in [3.8, 4) is 0 Å². The van der Waals surface area contributed by atoms with Crippen molar-refractivity contribution in [1.29, 1.82) is 0 Å². The van der Waals surface area contributed by atoms with Crippen LogP contribution in [0.25, 0.3) is 0 Å². The second-order valence-corrected chi connectivity index (χ2v) is 8.32. The maximum Gasteiger partial charge on any atom is 0.270 e. The predicted octanol–water partition coefficient (Wildman–Crippen LogP) is 1.53. The van der Waals surface area contributed by atoms with Crippen molar-refractivity contribution in [2.24, 2.45) is 0 Å². The van der Waals surface area contributed by atoms with Crippen molar-refractivity contribution in [3.05, 3.63) is 65.2 Å². The fourth-order valence-electron chi connectivity index (χ4n) is 3.65. The minimum atomic E-state index is -3.88. The van der Waals surface area contributed by atoms with Crippen LogP contribution in [-0.4, -0.2) is 31.8 Å². The van der Waals surface area contributed by atoms with Crippen LogP contribution in [0.15, 0.2) is 53.4 Å². The van der Waals surface area contributed by atoms with Crippen molar-refractivity contribution >= 4 is 21.8 Å². The van der Waals surface area contributed by atoms with Crippen LogP contribution in [-0.2, 0) is 21.2 Å². The predicted molar refractivity (Wildman–Crippen MR) is 98.1 cm³/mol. The second-order valence-electron chi connectivity index (χ2n) is 6.69. The van der Waals surface area contributed by atoms with Crippen molar-refractivity contribution < 1.29 is 18.0 Å². The number of aryl methyl sites for hydroxylation is 1. The molecule has 7 nitrogen and oxygen atoms in total. The summed E-state index contributed by atoms with van der Waals surface area (Å²) < 4.78 is 24.7. The molecule has 2 amide bonds. The maximum absolute atomic E-state index is 12.5. The van der Waals surface area contributed by atoms with Crippen LogP contribution in [0.3, 0.4) is 0 Å². The van der Waals surface area contributed by atoms with Crippen molar-refractivity contribution in [2.75, 3.05) is 6.54 Å². The Labute approximate surface area is 157 Å². The highest BCUT2D eigenvalue weighted by atomic mass is 32.2. The lowest BCUT2D eigenvalue weighted by Crippen LogP contribution is -2.54. The molecular formula is C19H19N3O4S. The molecule has 0 aromatic heterocycles. The molecule has 0 saturated heterocycles. The van der Waals surface area contributed by atoms with Crippen LogP contribution in [0.5, 0.6) is 0 Å². The molecule has 2 N–H and O–H groups in total. The summed E-state index contributed by atoms with van der Waals surface area (Å²) in [5, 5.41) is 3.78. The number of hydrogen-bond donors (Lipinski definition) is 2. The zero-order chi connectivity index (χ0) is 19.0. The average Bonchev–Trinajstić information content (AvgIpc) is 2.66. The Kier molecular flexibility index (Phi) is 4.45. The normalized spacial score (nSPS) is 20.5. The minimum absolute atomic E-state index is 0.0621. The highest BCUT2D eigenvalue weighted by molar-refractivity contribution is 7.89. The molecule has 1 heterocycles. The lowest BCUT2D eigenvalue weighted by molar-refractivity contribution is -0.122. The lowest BCUT2D eigenvalue weighted by Gasteiger charge is -2.30. The van der Waals surface area contributed by atoms with Gasteiger partial charge in [0.05, 0.1) is 16.5 Å². The minimum Gasteiger partial charge on any atom is -0.348 e. The number of sulfonamides is 1. The third-order valence-corrected chi connectivity index (χ3v) is 6.28. The number of fused-ring (bicyclic) bond motifs is 2. The van der Waals surface area contributed by atoms with E-state index in [1.165, 1.54) is 17.7 Å². The summed E-state index contributed by atoms with van der Waals surface area (Å²) in [6.07, 6.45) is 2.75. The number of hydrogen-bond acceptors (Lipinski definition) is 4. The van der Waals surface area contributed by atoms with Gasteiger partial charge in [-0.15, -0.1) is 4.83 Å². The number of carbonyl (C=O) groups is 2. The standard InChI is InChI=1S/C19H19N3O4S/c23-18(20-16-10-5-7-13-6-1-2-8-14(13)16)12-22-19(24)15-9-3-4-11-17(15)27(25,26)21-22/h1-4,6,8-9,11,16,21H,5,7,10,12H2,(H,20,23).